The third-order valence-corrected chi connectivity index (χ3v) is 3.46. The van der Waals surface area contributed by atoms with Gasteiger partial charge in [-0.25, -0.2) is 4.98 Å². The van der Waals surface area contributed by atoms with Crippen LogP contribution in [-0.2, 0) is 0 Å². The van der Waals surface area contributed by atoms with Crippen LogP contribution in [0.4, 0.5) is 5.82 Å². The van der Waals surface area contributed by atoms with E-state index in [1.165, 1.54) is 0 Å². The van der Waals surface area contributed by atoms with Crippen LogP contribution in [0, 0.1) is 11.8 Å². The Morgan fingerprint density at radius 1 is 1.47 bits per heavy atom. The van der Waals surface area contributed by atoms with Crippen molar-refractivity contribution < 1.29 is 5.21 Å². The summed E-state index contributed by atoms with van der Waals surface area (Å²) >= 11 is 0. The summed E-state index contributed by atoms with van der Waals surface area (Å²) in [6.45, 7) is 6.51. The molecule has 2 heterocycles. The van der Waals surface area contributed by atoms with E-state index >= 15 is 0 Å². The van der Waals surface area contributed by atoms with Crippen LogP contribution in [0.15, 0.2) is 23.5 Å². The van der Waals surface area contributed by atoms with Gasteiger partial charge < -0.3 is 15.8 Å². The summed E-state index contributed by atoms with van der Waals surface area (Å²) in [5, 5.41) is 11.7. The first-order valence-electron chi connectivity index (χ1n) is 5.80. The molecule has 1 aromatic heterocycles. The van der Waals surface area contributed by atoms with Crippen molar-refractivity contribution in [3.05, 3.63) is 23.9 Å². The first-order chi connectivity index (χ1) is 8.11. The van der Waals surface area contributed by atoms with Gasteiger partial charge in [0.2, 0.25) is 0 Å². The maximum atomic E-state index is 8.66. The second kappa shape index (κ2) is 4.61. The average molecular weight is 234 g/mol. The predicted octanol–water partition coefficient (Wildman–Crippen LogP) is 1.27. The first-order valence-corrected chi connectivity index (χ1v) is 5.80. The van der Waals surface area contributed by atoms with Gasteiger partial charge >= 0.3 is 0 Å². The molecular weight excluding hydrogens is 216 g/mol. The van der Waals surface area contributed by atoms with Gasteiger partial charge in [-0.3, -0.25) is 0 Å². The van der Waals surface area contributed by atoms with Crippen LogP contribution in [0.2, 0.25) is 0 Å². The molecule has 0 aliphatic carbocycles. The minimum atomic E-state index is 0.119. The highest BCUT2D eigenvalue weighted by Gasteiger charge is 2.26. The van der Waals surface area contributed by atoms with E-state index in [-0.39, 0.29) is 5.84 Å². The third-order valence-electron chi connectivity index (χ3n) is 3.46. The molecule has 2 rings (SSSR count). The molecule has 0 saturated carbocycles. The van der Waals surface area contributed by atoms with Gasteiger partial charge in [-0.1, -0.05) is 19.0 Å². The monoisotopic (exact) mass is 234 g/mol. The summed E-state index contributed by atoms with van der Waals surface area (Å²) in [7, 11) is 0. The molecule has 1 aliphatic heterocycles. The number of nitrogens with two attached hydrogens (primary N) is 1. The number of amidine groups is 1. The molecule has 2 atom stereocenters. The van der Waals surface area contributed by atoms with E-state index in [4.69, 9.17) is 10.9 Å². The van der Waals surface area contributed by atoms with E-state index in [0.29, 0.717) is 17.4 Å². The first kappa shape index (κ1) is 11.7. The Labute approximate surface area is 101 Å². The van der Waals surface area contributed by atoms with Crippen molar-refractivity contribution >= 4 is 11.7 Å². The van der Waals surface area contributed by atoms with Gasteiger partial charge in [-0.15, -0.1) is 0 Å². The van der Waals surface area contributed by atoms with Gasteiger partial charge in [-0.05, 0) is 24.0 Å². The smallest absolute Gasteiger partial charge is 0.170 e. The molecule has 0 amide bonds. The normalized spacial score (nSPS) is 25.3. The van der Waals surface area contributed by atoms with Crippen molar-refractivity contribution in [2.75, 3.05) is 18.0 Å². The second-order valence-electron chi connectivity index (χ2n) is 4.75. The Kier molecular flexibility index (Phi) is 3.17. The summed E-state index contributed by atoms with van der Waals surface area (Å²) in [6.07, 6.45) is 1.69. The van der Waals surface area contributed by atoms with E-state index in [2.05, 4.69) is 28.9 Å². The van der Waals surface area contributed by atoms with Gasteiger partial charge in [-0.2, -0.15) is 0 Å². The summed E-state index contributed by atoms with van der Waals surface area (Å²) in [4.78, 5) is 6.58. The lowest BCUT2D eigenvalue weighted by atomic mass is 10.0. The standard InChI is InChI=1S/C12H18N4O/c1-8-6-16(7-9(8)2)11-5-10(3-4-14-11)12(13)15-17/h3-5,8-9,17H,6-7H2,1-2H3,(H2,13,15). The largest absolute Gasteiger partial charge is 0.409 e. The lowest BCUT2D eigenvalue weighted by Crippen LogP contribution is -2.22. The second-order valence-corrected chi connectivity index (χ2v) is 4.75. The molecule has 17 heavy (non-hydrogen) atoms. The number of aromatic nitrogens is 1. The van der Waals surface area contributed by atoms with Gasteiger partial charge in [0.25, 0.3) is 0 Å². The minimum Gasteiger partial charge on any atom is -0.409 e. The summed E-state index contributed by atoms with van der Waals surface area (Å²) in [6, 6.07) is 3.60. The molecule has 1 aromatic rings. The Bertz CT molecular complexity index is 422. The van der Waals surface area contributed by atoms with E-state index in [1.807, 2.05) is 6.07 Å². The van der Waals surface area contributed by atoms with Crippen LogP contribution >= 0.6 is 0 Å². The van der Waals surface area contributed by atoms with Gasteiger partial charge in [0, 0.05) is 24.8 Å². The fourth-order valence-electron chi connectivity index (χ4n) is 2.13. The van der Waals surface area contributed by atoms with E-state index in [1.54, 1.807) is 12.3 Å². The van der Waals surface area contributed by atoms with Crippen molar-refractivity contribution in [2.45, 2.75) is 13.8 Å². The molecular formula is C12H18N4O. The molecule has 1 fully saturated rings. The lowest BCUT2D eigenvalue weighted by molar-refractivity contribution is 0.318. The van der Waals surface area contributed by atoms with Crippen molar-refractivity contribution in [2.24, 2.45) is 22.7 Å². The average Bonchev–Trinajstić information content (AvgIpc) is 2.69. The lowest BCUT2D eigenvalue weighted by Gasteiger charge is -2.17. The molecule has 0 spiro atoms. The number of oxime groups is 1. The van der Waals surface area contributed by atoms with Crippen LogP contribution in [0.1, 0.15) is 19.4 Å². The maximum Gasteiger partial charge on any atom is 0.170 e. The zero-order valence-corrected chi connectivity index (χ0v) is 10.2. The maximum absolute atomic E-state index is 8.66. The van der Waals surface area contributed by atoms with Gasteiger partial charge in [0.05, 0.1) is 0 Å². The molecule has 0 radical (unpaired) electrons. The zero-order valence-electron chi connectivity index (χ0n) is 10.2. The zero-order chi connectivity index (χ0) is 12.4. The van der Waals surface area contributed by atoms with Crippen molar-refractivity contribution in [3.63, 3.8) is 0 Å². The Balaban J connectivity index is 2.23. The van der Waals surface area contributed by atoms with Crippen molar-refractivity contribution in [3.8, 4) is 0 Å². The van der Waals surface area contributed by atoms with E-state index < -0.39 is 0 Å². The fraction of sp³-hybridized carbons (Fsp3) is 0.500. The number of hydrogen-bond donors (Lipinski definition) is 2. The summed E-state index contributed by atoms with van der Waals surface area (Å²) in [5.41, 5.74) is 6.27. The van der Waals surface area contributed by atoms with Crippen molar-refractivity contribution in [1.82, 2.24) is 4.98 Å². The molecule has 0 aromatic carbocycles. The van der Waals surface area contributed by atoms with Crippen LogP contribution in [-0.4, -0.2) is 29.1 Å². The topological polar surface area (TPSA) is 74.7 Å². The third kappa shape index (κ3) is 2.33. The molecule has 1 saturated heterocycles. The van der Waals surface area contributed by atoms with Crippen LogP contribution in [0.25, 0.3) is 0 Å². The molecule has 3 N–H and O–H groups in total. The van der Waals surface area contributed by atoms with Gasteiger partial charge in [0.1, 0.15) is 5.82 Å². The fourth-order valence-corrected chi connectivity index (χ4v) is 2.13. The molecule has 2 unspecified atom stereocenters. The summed E-state index contributed by atoms with van der Waals surface area (Å²) in [5.74, 6) is 2.35. The van der Waals surface area contributed by atoms with Crippen LogP contribution < -0.4 is 10.6 Å². The van der Waals surface area contributed by atoms with Crippen LogP contribution in [0.3, 0.4) is 0 Å². The number of anilines is 1. The molecule has 92 valence electrons. The highest BCUT2D eigenvalue weighted by molar-refractivity contribution is 5.97. The number of rotatable bonds is 2. The quantitative estimate of drug-likeness (QED) is 0.350. The summed E-state index contributed by atoms with van der Waals surface area (Å²) < 4.78 is 0. The molecule has 1 aliphatic rings. The number of nitrogens with zero attached hydrogens (tertiary/aromatic N) is 3. The number of pyridine rings is 1. The Hall–Kier alpha value is -1.78. The highest BCUT2D eigenvalue weighted by atomic mass is 16.4. The minimum absolute atomic E-state index is 0.119. The van der Waals surface area contributed by atoms with Crippen molar-refractivity contribution in [1.29, 1.82) is 0 Å². The molecule has 5 nitrogen and oxygen atoms in total. The molecule has 5 heteroatoms. The van der Waals surface area contributed by atoms with E-state index in [9.17, 15) is 0 Å². The van der Waals surface area contributed by atoms with Crippen LogP contribution in [0.5, 0.6) is 0 Å². The van der Waals surface area contributed by atoms with E-state index in [0.717, 1.165) is 18.9 Å². The highest BCUT2D eigenvalue weighted by Crippen LogP contribution is 2.26. The predicted molar refractivity (Wildman–Crippen MR) is 67.3 cm³/mol. The number of hydrogen-bond acceptors (Lipinski definition) is 4. The Morgan fingerprint density at radius 3 is 2.71 bits per heavy atom. The Morgan fingerprint density at radius 2 is 2.12 bits per heavy atom. The SMILES string of the molecule is CC1CN(c2cc(C(N)=NO)ccn2)CC1C. The molecule has 0 bridgehead atoms. The van der Waals surface area contributed by atoms with Gasteiger partial charge in [0.15, 0.2) is 5.84 Å².